The van der Waals surface area contributed by atoms with Gasteiger partial charge in [0.25, 0.3) is 0 Å². The lowest BCUT2D eigenvalue weighted by atomic mass is 10.2. The van der Waals surface area contributed by atoms with Gasteiger partial charge in [-0.15, -0.1) is 0 Å². The van der Waals surface area contributed by atoms with E-state index in [1.807, 2.05) is 0 Å². The van der Waals surface area contributed by atoms with Crippen LogP contribution in [0.4, 0.5) is 0 Å². The maximum atomic E-state index is 12.2. The van der Waals surface area contributed by atoms with Gasteiger partial charge in [-0.05, 0) is 24.3 Å². The number of rotatable bonds is 4. The van der Waals surface area contributed by atoms with E-state index in [0.717, 1.165) is 4.31 Å². The summed E-state index contributed by atoms with van der Waals surface area (Å²) in [5.41, 5.74) is 5.88. The van der Waals surface area contributed by atoms with Gasteiger partial charge in [-0.3, -0.25) is 0 Å². The molecule has 0 aliphatic heterocycles. The molecule has 0 fully saturated rings. The van der Waals surface area contributed by atoms with Gasteiger partial charge in [0.05, 0.1) is 23.6 Å². The Bertz CT molecular complexity index is 684. The number of sulfonamides is 1. The van der Waals surface area contributed by atoms with Gasteiger partial charge < -0.3 is 5.73 Å². The van der Waals surface area contributed by atoms with E-state index in [-0.39, 0.29) is 24.5 Å². The number of nitrogens with two attached hydrogens (primary N) is 1. The Morgan fingerprint density at radius 1 is 1.10 bits per heavy atom. The molecular formula is C13H12N4O2S. The minimum atomic E-state index is -3.85. The quantitative estimate of drug-likeness (QED) is 0.621. The van der Waals surface area contributed by atoms with Crippen molar-refractivity contribution in [1.29, 1.82) is 10.5 Å². The van der Waals surface area contributed by atoms with Crippen molar-refractivity contribution in [2.45, 2.75) is 4.90 Å². The Kier molecular flexibility index (Phi) is 5.71. The van der Waals surface area contributed by atoms with Crippen LogP contribution >= 0.6 is 0 Å². The molecule has 20 heavy (non-hydrogen) atoms. The van der Waals surface area contributed by atoms with E-state index in [4.69, 9.17) is 16.3 Å². The second-order valence-electron chi connectivity index (χ2n) is 3.62. The molecule has 0 aliphatic carbocycles. The lowest BCUT2D eigenvalue weighted by Crippen LogP contribution is -2.31. The Hall–Kier alpha value is -2.37. The summed E-state index contributed by atoms with van der Waals surface area (Å²) >= 11 is 0. The number of nitriles is 2. The summed E-state index contributed by atoms with van der Waals surface area (Å²) in [6, 6.07) is 9.32. The summed E-state index contributed by atoms with van der Waals surface area (Å²) in [5.74, 6) is 5.43. The van der Waals surface area contributed by atoms with Gasteiger partial charge >= 0.3 is 0 Å². The average molecular weight is 288 g/mol. The van der Waals surface area contributed by atoms with E-state index < -0.39 is 10.0 Å². The van der Waals surface area contributed by atoms with Crippen molar-refractivity contribution in [2.24, 2.45) is 5.73 Å². The van der Waals surface area contributed by atoms with Crippen LogP contribution in [0.3, 0.4) is 0 Å². The Morgan fingerprint density at radius 3 is 2.10 bits per heavy atom. The molecule has 0 spiro atoms. The van der Waals surface area contributed by atoms with Crippen molar-refractivity contribution < 1.29 is 8.42 Å². The smallest absolute Gasteiger partial charge is 0.244 e. The predicted molar refractivity (Wildman–Crippen MR) is 72.4 cm³/mol. The molecule has 0 atom stereocenters. The zero-order valence-corrected chi connectivity index (χ0v) is 11.4. The lowest BCUT2D eigenvalue weighted by Gasteiger charge is -2.15. The fourth-order valence-electron chi connectivity index (χ4n) is 1.40. The van der Waals surface area contributed by atoms with E-state index >= 15 is 0 Å². The highest BCUT2D eigenvalue weighted by Gasteiger charge is 2.23. The molecule has 0 saturated heterocycles. The first-order valence-electron chi connectivity index (χ1n) is 5.59. The van der Waals surface area contributed by atoms with Crippen LogP contribution in [0.5, 0.6) is 0 Å². The van der Waals surface area contributed by atoms with Gasteiger partial charge in [-0.1, -0.05) is 11.8 Å². The van der Waals surface area contributed by atoms with Gasteiger partial charge in [-0.25, -0.2) is 8.42 Å². The highest BCUT2D eigenvalue weighted by Crippen LogP contribution is 2.15. The van der Waals surface area contributed by atoms with Crippen molar-refractivity contribution in [3.8, 4) is 24.0 Å². The topological polar surface area (TPSA) is 111 Å². The summed E-state index contributed by atoms with van der Waals surface area (Å²) < 4.78 is 25.2. The summed E-state index contributed by atoms with van der Waals surface area (Å²) in [4.78, 5) is 0.0151. The van der Waals surface area contributed by atoms with Crippen LogP contribution in [0.25, 0.3) is 0 Å². The van der Waals surface area contributed by atoms with E-state index in [0.29, 0.717) is 5.56 Å². The maximum absolute atomic E-state index is 12.2. The first-order chi connectivity index (χ1) is 9.56. The Balaban J connectivity index is 3.09. The third-order valence-corrected chi connectivity index (χ3v) is 4.13. The molecule has 102 valence electrons. The molecule has 0 saturated carbocycles. The zero-order valence-electron chi connectivity index (χ0n) is 10.6. The molecule has 0 aromatic heterocycles. The monoisotopic (exact) mass is 288 g/mol. The molecule has 0 radical (unpaired) electrons. The predicted octanol–water partition coefficient (Wildman–Crippen LogP) is 0.0347. The SMILES string of the molecule is N#CCN(CC#N)S(=O)(=O)c1ccc(C#CCN)cc1. The third kappa shape index (κ3) is 3.81. The van der Waals surface area contributed by atoms with Crippen molar-refractivity contribution in [3.05, 3.63) is 29.8 Å². The Labute approximate surface area is 118 Å². The lowest BCUT2D eigenvalue weighted by molar-refractivity contribution is 0.479. The van der Waals surface area contributed by atoms with Crippen molar-refractivity contribution in [1.82, 2.24) is 4.31 Å². The number of hydrogen-bond donors (Lipinski definition) is 1. The largest absolute Gasteiger partial charge is 0.320 e. The number of nitrogens with zero attached hydrogens (tertiary/aromatic N) is 3. The fourth-order valence-corrected chi connectivity index (χ4v) is 2.63. The molecule has 0 heterocycles. The standard InChI is InChI=1S/C13H12N4O2S/c14-7-1-2-12-3-5-13(6-4-12)20(18,19)17(10-8-15)11-9-16/h3-6H,7,10-11,14H2. The molecule has 1 aromatic carbocycles. The van der Waals surface area contributed by atoms with E-state index in [9.17, 15) is 8.42 Å². The van der Waals surface area contributed by atoms with Gasteiger partial charge in [0.2, 0.25) is 10.0 Å². The normalized spacial score (nSPS) is 10.2. The van der Waals surface area contributed by atoms with Crippen LogP contribution in [0.15, 0.2) is 29.2 Å². The minimum Gasteiger partial charge on any atom is -0.320 e. The van der Waals surface area contributed by atoms with Crippen LogP contribution in [0, 0.1) is 34.5 Å². The molecule has 7 heteroatoms. The molecule has 0 bridgehead atoms. The summed E-state index contributed by atoms with van der Waals surface area (Å²) in [6.07, 6.45) is 0. The fraction of sp³-hybridized carbons (Fsp3) is 0.231. The summed E-state index contributed by atoms with van der Waals surface area (Å²) in [6.45, 7) is -0.520. The highest BCUT2D eigenvalue weighted by molar-refractivity contribution is 7.89. The van der Waals surface area contributed by atoms with Gasteiger partial charge in [0.15, 0.2) is 0 Å². The van der Waals surface area contributed by atoms with Crippen molar-refractivity contribution in [2.75, 3.05) is 19.6 Å². The molecular weight excluding hydrogens is 276 g/mol. The molecule has 6 nitrogen and oxygen atoms in total. The van der Waals surface area contributed by atoms with E-state index in [1.54, 1.807) is 24.3 Å². The number of benzene rings is 1. The summed E-state index contributed by atoms with van der Waals surface area (Å²) in [7, 11) is -3.85. The maximum Gasteiger partial charge on any atom is 0.244 e. The van der Waals surface area contributed by atoms with E-state index in [2.05, 4.69) is 11.8 Å². The highest BCUT2D eigenvalue weighted by atomic mass is 32.2. The molecule has 1 rings (SSSR count). The van der Waals surface area contributed by atoms with Crippen LogP contribution in [0.2, 0.25) is 0 Å². The summed E-state index contributed by atoms with van der Waals surface area (Å²) in [5, 5.41) is 17.2. The van der Waals surface area contributed by atoms with Crippen molar-refractivity contribution in [3.63, 3.8) is 0 Å². The van der Waals surface area contributed by atoms with Crippen LogP contribution in [-0.2, 0) is 10.0 Å². The molecule has 0 unspecified atom stereocenters. The second-order valence-corrected chi connectivity index (χ2v) is 5.56. The molecule has 0 amide bonds. The molecule has 1 aromatic rings. The van der Waals surface area contributed by atoms with Gasteiger partial charge in [-0.2, -0.15) is 14.8 Å². The molecule has 2 N–H and O–H groups in total. The second kappa shape index (κ2) is 7.28. The minimum absolute atomic E-state index is 0.0151. The van der Waals surface area contributed by atoms with Crippen LogP contribution in [-0.4, -0.2) is 32.4 Å². The average Bonchev–Trinajstić information content (AvgIpc) is 2.45. The first-order valence-corrected chi connectivity index (χ1v) is 7.03. The van der Waals surface area contributed by atoms with Crippen LogP contribution < -0.4 is 5.73 Å². The van der Waals surface area contributed by atoms with Gasteiger partial charge in [0.1, 0.15) is 13.1 Å². The van der Waals surface area contributed by atoms with E-state index in [1.165, 1.54) is 12.1 Å². The molecule has 0 aliphatic rings. The Morgan fingerprint density at radius 2 is 1.65 bits per heavy atom. The van der Waals surface area contributed by atoms with Gasteiger partial charge in [0, 0.05) is 5.56 Å². The zero-order chi connectivity index (χ0) is 15.0. The first kappa shape index (κ1) is 15.7. The third-order valence-electron chi connectivity index (χ3n) is 2.32. The number of hydrogen-bond acceptors (Lipinski definition) is 5. The van der Waals surface area contributed by atoms with Crippen LogP contribution in [0.1, 0.15) is 5.56 Å². The van der Waals surface area contributed by atoms with Crippen molar-refractivity contribution >= 4 is 10.0 Å².